The van der Waals surface area contributed by atoms with Gasteiger partial charge in [0.2, 0.25) is 0 Å². The van der Waals surface area contributed by atoms with Gasteiger partial charge in [-0.15, -0.1) is 0 Å². The molecule has 0 saturated heterocycles. The van der Waals surface area contributed by atoms with E-state index in [1.807, 2.05) is 24.0 Å². The average Bonchev–Trinajstić information content (AvgIpc) is 2.86. The van der Waals surface area contributed by atoms with E-state index < -0.39 is 0 Å². The van der Waals surface area contributed by atoms with Gasteiger partial charge in [0, 0.05) is 25.5 Å². The summed E-state index contributed by atoms with van der Waals surface area (Å²) >= 11 is 0. The van der Waals surface area contributed by atoms with E-state index in [1.165, 1.54) is 6.26 Å². The third-order valence-corrected chi connectivity index (χ3v) is 2.48. The summed E-state index contributed by atoms with van der Waals surface area (Å²) in [6, 6.07) is 4.45. The summed E-state index contributed by atoms with van der Waals surface area (Å²) in [5, 5.41) is 8.95. The van der Waals surface area contributed by atoms with E-state index in [2.05, 4.69) is 9.97 Å². The molecule has 0 unspecified atom stereocenters. The first kappa shape index (κ1) is 11.6. The highest BCUT2D eigenvalue weighted by Crippen LogP contribution is 2.16. The Labute approximate surface area is 99.7 Å². The van der Waals surface area contributed by atoms with Crippen molar-refractivity contribution in [3.8, 4) is 0 Å². The maximum Gasteiger partial charge on any atom is 0.297 e. The fourth-order valence-electron chi connectivity index (χ4n) is 1.54. The number of rotatable bonds is 5. The van der Waals surface area contributed by atoms with Gasteiger partial charge in [-0.2, -0.15) is 4.98 Å². The summed E-state index contributed by atoms with van der Waals surface area (Å²) < 4.78 is 5.32. The molecule has 0 amide bonds. The minimum atomic E-state index is -0.101. The van der Waals surface area contributed by atoms with Crippen LogP contribution in [0.25, 0.3) is 0 Å². The van der Waals surface area contributed by atoms with Crippen LogP contribution in [0.5, 0.6) is 0 Å². The lowest BCUT2D eigenvalue weighted by Crippen LogP contribution is -2.22. The van der Waals surface area contributed by atoms with Crippen molar-refractivity contribution in [1.29, 1.82) is 0 Å². The predicted octanol–water partition coefficient (Wildman–Crippen LogP) is 1.59. The van der Waals surface area contributed by atoms with Crippen LogP contribution in [0.15, 0.2) is 35.2 Å². The number of hydrogen-bond acceptors (Lipinski definition) is 5. The van der Waals surface area contributed by atoms with E-state index >= 15 is 0 Å². The van der Waals surface area contributed by atoms with Gasteiger partial charge in [0.1, 0.15) is 12.0 Å². The van der Waals surface area contributed by atoms with Crippen LogP contribution in [0.4, 0.5) is 6.01 Å². The largest absolute Gasteiger partial charge is 0.432 e. The molecule has 0 bridgehead atoms. The van der Waals surface area contributed by atoms with Gasteiger partial charge in [0.25, 0.3) is 6.01 Å². The van der Waals surface area contributed by atoms with E-state index in [1.54, 1.807) is 12.4 Å². The molecule has 2 aromatic rings. The van der Waals surface area contributed by atoms with Crippen LogP contribution in [0.2, 0.25) is 0 Å². The molecule has 0 aliphatic carbocycles. The molecular weight excluding hydrogens is 218 g/mol. The number of nitrogens with zero attached hydrogens (tertiary/aromatic N) is 3. The van der Waals surface area contributed by atoms with Crippen molar-refractivity contribution in [3.05, 3.63) is 42.0 Å². The van der Waals surface area contributed by atoms with Crippen molar-refractivity contribution in [3.63, 3.8) is 0 Å². The maximum absolute atomic E-state index is 8.95. The normalized spacial score (nSPS) is 10.5. The van der Waals surface area contributed by atoms with E-state index in [-0.39, 0.29) is 6.61 Å². The van der Waals surface area contributed by atoms with E-state index in [4.69, 9.17) is 9.52 Å². The standard InChI is InChI=1S/C12H15N3O2/c1-2-15(7-10-3-5-13-6-4-10)12-14-11(8-16)9-17-12/h3-6,9,16H,2,7-8H2,1H3. The van der Waals surface area contributed by atoms with Gasteiger partial charge >= 0.3 is 0 Å². The van der Waals surface area contributed by atoms with Crippen molar-refractivity contribution < 1.29 is 9.52 Å². The summed E-state index contributed by atoms with van der Waals surface area (Å²) in [4.78, 5) is 10.2. The Bertz CT molecular complexity index is 456. The molecule has 0 radical (unpaired) electrons. The molecule has 90 valence electrons. The molecule has 0 fully saturated rings. The average molecular weight is 233 g/mol. The van der Waals surface area contributed by atoms with Gasteiger partial charge in [-0.05, 0) is 24.6 Å². The highest BCUT2D eigenvalue weighted by atomic mass is 16.4. The van der Waals surface area contributed by atoms with Crippen molar-refractivity contribution in [2.75, 3.05) is 11.4 Å². The minimum Gasteiger partial charge on any atom is -0.432 e. The van der Waals surface area contributed by atoms with Gasteiger partial charge in [-0.1, -0.05) is 0 Å². The quantitative estimate of drug-likeness (QED) is 0.849. The molecule has 17 heavy (non-hydrogen) atoms. The van der Waals surface area contributed by atoms with Crippen molar-refractivity contribution >= 4 is 6.01 Å². The number of anilines is 1. The number of aliphatic hydroxyl groups excluding tert-OH is 1. The Kier molecular flexibility index (Phi) is 3.72. The van der Waals surface area contributed by atoms with Crippen molar-refractivity contribution in [2.24, 2.45) is 0 Å². The van der Waals surface area contributed by atoms with Crippen LogP contribution in [0, 0.1) is 0 Å². The molecule has 0 spiro atoms. The fourth-order valence-corrected chi connectivity index (χ4v) is 1.54. The monoisotopic (exact) mass is 233 g/mol. The topological polar surface area (TPSA) is 62.4 Å². The van der Waals surface area contributed by atoms with Gasteiger partial charge in [0.15, 0.2) is 0 Å². The molecule has 0 aliphatic heterocycles. The molecular formula is C12H15N3O2. The van der Waals surface area contributed by atoms with Crippen LogP contribution >= 0.6 is 0 Å². The second-order valence-electron chi connectivity index (χ2n) is 3.65. The Hall–Kier alpha value is -1.88. The van der Waals surface area contributed by atoms with Gasteiger partial charge < -0.3 is 14.4 Å². The van der Waals surface area contributed by atoms with E-state index in [9.17, 15) is 0 Å². The van der Waals surface area contributed by atoms with E-state index in [0.717, 1.165) is 12.1 Å². The first-order valence-corrected chi connectivity index (χ1v) is 5.52. The second kappa shape index (κ2) is 5.45. The van der Waals surface area contributed by atoms with Gasteiger partial charge in [-0.25, -0.2) is 0 Å². The van der Waals surface area contributed by atoms with Crippen LogP contribution in [-0.2, 0) is 13.2 Å². The van der Waals surface area contributed by atoms with E-state index in [0.29, 0.717) is 18.3 Å². The first-order chi connectivity index (χ1) is 8.33. The fraction of sp³-hybridized carbons (Fsp3) is 0.333. The number of pyridine rings is 1. The summed E-state index contributed by atoms with van der Waals surface area (Å²) in [7, 11) is 0. The molecule has 0 saturated carbocycles. The maximum atomic E-state index is 8.95. The molecule has 2 heterocycles. The van der Waals surface area contributed by atoms with Crippen LogP contribution in [0.1, 0.15) is 18.2 Å². The number of hydrogen-bond donors (Lipinski definition) is 1. The molecule has 0 atom stereocenters. The minimum absolute atomic E-state index is 0.101. The smallest absolute Gasteiger partial charge is 0.297 e. The number of aromatic nitrogens is 2. The Morgan fingerprint density at radius 2 is 2.12 bits per heavy atom. The molecule has 2 aromatic heterocycles. The summed E-state index contributed by atoms with van der Waals surface area (Å²) in [5.41, 5.74) is 1.69. The van der Waals surface area contributed by atoms with Crippen LogP contribution < -0.4 is 4.90 Å². The highest BCUT2D eigenvalue weighted by molar-refractivity contribution is 5.29. The second-order valence-corrected chi connectivity index (χ2v) is 3.65. The molecule has 0 aliphatic rings. The summed E-state index contributed by atoms with van der Waals surface area (Å²) in [5.74, 6) is 0. The van der Waals surface area contributed by atoms with Gasteiger partial charge in [0.05, 0.1) is 6.61 Å². The predicted molar refractivity (Wildman–Crippen MR) is 63.4 cm³/mol. The lowest BCUT2D eigenvalue weighted by Gasteiger charge is -2.18. The number of aliphatic hydroxyl groups is 1. The summed E-state index contributed by atoms with van der Waals surface area (Å²) in [6.45, 7) is 3.43. The molecule has 5 heteroatoms. The van der Waals surface area contributed by atoms with Gasteiger partial charge in [-0.3, -0.25) is 4.98 Å². The lowest BCUT2D eigenvalue weighted by atomic mass is 10.2. The zero-order valence-corrected chi connectivity index (χ0v) is 9.71. The molecule has 1 N–H and O–H groups in total. The highest BCUT2D eigenvalue weighted by Gasteiger charge is 2.11. The number of oxazole rings is 1. The van der Waals surface area contributed by atoms with Crippen LogP contribution in [0.3, 0.4) is 0 Å². The zero-order valence-electron chi connectivity index (χ0n) is 9.71. The Morgan fingerprint density at radius 3 is 2.71 bits per heavy atom. The Morgan fingerprint density at radius 1 is 1.35 bits per heavy atom. The van der Waals surface area contributed by atoms with Crippen molar-refractivity contribution in [2.45, 2.75) is 20.1 Å². The molecule has 0 aromatic carbocycles. The van der Waals surface area contributed by atoms with Crippen LogP contribution in [-0.4, -0.2) is 21.6 Å². The van der Waals surface area contributed by atoms with Crippen molar-refractivity contribution in [1.82, 2.24) is 9.97 Å². The first-order valence-electron chi connectivity index (χ1n) is 5.52. The zero-order chi connectivity index (χ0) is 12.1. The Balaban J connectivity index is 2.11. The molecule has 5 nitrogen and oxygen atoms in total. The molecule has 2 rings (SSSR count). The summed E-state index contributed by atoms with van der Waals surface area (Å²) in [6.07, 6.45) is 5.00. The lowest BCUT2D eigenvalue weighted by molar-refractivity contribution is 0.276. The SMILES string of the molecule is CCN(Cc1ccncc1)c1nc(CO)co1. The third-order valence-electron chi connectivity index (χ3n) is 2.48. The third kappa shape index (κ3) is 2.82.